The van der Waals surface area contributed by atoms with Crippen molar-refractivity contribution in [2.75, 3.05) is 32.8 Å². The molecular weight excluding hydrogens is 284 g/mol. The molecule has 1 atom stereocenters. The molecule has 0 aliphatic heterocycles. The first-order valence-corrected chi connectivity index (χ1v) is 8.41. The van der Waals surface area contributed by atoms with E-state index in [2.05, 4.69) is 30.1 Å². The molecule has 21 heavy (non-hydrogen) atoms. The Hall–Kier alpha value is -0.610. The van der Waals surface area contributed by atoms with E-state index in [9.17, 15) is 5.11 Å². The van der Waals surface area contributed by atoms with E-state index in [1.54, 1.807) is 0 Å². The number of nitrogens with one attached hydrogen (secondary N) is 1. The van der Waals surface area contributed by atoms with Gasteiger partial charge in [-0.1, -0.05) is 44.0 Å². The molecule has 0 aromatic heterocycles. The summed E-state index contributed by atoms with van der Waals surface area (Å²) in [6.45, 7) is 8.30. The molecule has 0 bridgehead atoms. The van der Waals surface area contributed by atoms with Gasteiger partial charge in [-0.05, 0) is 43.6 Å². The molecular formula is C17H29ClN2O. The van der Waals surface area contributed by atoms with Crippen molar-refractivity contribution in [1.29, 1.82) is 0 Å². The van der Waals surface area contributed by atoms with Crippen LogP contribution >= 0.6 is 11.6 Å². The quantitative estimate of drug-likeness (QED) is 0.656. The van der Waals surface area contributed by atoms with Crippen LogP contribution in [0.5, 0.6) is 0 Å². The summed E-state index contributed by atoms with van der Waals surface area (Å²) in [5.74, 6) is 0. The first-order valence-electron chi connectivity index (χ1n) is 8.03. The van der Waals surface area contributed by atoms with E-state index < -0.39 is 0 Å². The van der Waals surface area contributed by atoms with Gasteiger partial charge in [-0.25, -0.2) is 0 Å². The van der Waals surface area contributed by atoms with Gasteiger partial charge in [0, 0.05) is 24.2 Å². The van der Waals surface area contributed by atoms with Gasteiger partial charge in [0.05, 0.1) is 6.61 Å². The minimum atomic E-state index is 0.229. The van der Waals surface area contributed by atoms with E-state index in [1.807, 2.05) is 18.2 Å². The van der Waals surface area contributed by atoms with Crippen molar-refractivity contribution in [3.8, 4) is 0 Å². The van der Waals surface area contributed by atoms with Crippen LogP contribution in [0.2, 0.25) is 5.02 Å². The zero-order valence-corrected chi connectivity index (χ0v) is 14.1. The number of rotatable bonds is 11. The van der Waals surface area contributed by atoms with E-state index in [4.69, 9.17) is 11.6 Å². The molecule has 1 unspecified atom stereocenters. The zero-order chi connectivity index (χ0) is 15.5. The molecule has 1 rings (SSSR count). The number of nitrogens with zero attached hydrogens (tertiary/aromatic N) is 1. The van der Waals surface area contributed by atoms with Crippen molar-refractivity contribution < 1.29 is 5.11 Å². The molecule has 0 amide bonds. The van der Waals surface area contributed by atoms with Crippen molar-refractivity contribution in [2.45, 2.75) is 39.2 Å². The molecule has 120 valence electrons. The molecule has 0 heterocycles. The van der Waals surface area contributed by atoms with Gasteiger partial charge in [0.2, 0.25) is 0 Å². The second kappa shape index (κ2) is 11.0. The number of benzene rings is 1. The van der Waals surface area contributed by atoms with Gasteiger partial charge >= 0.3 is 0 Å². The average Bonchev–Trinajstić information content (AvgIpc) is 2.48. The summed E-state index contributed by atoms with van der Waals surface area (Å²) in [6.07, 6.45) is 3.40. The van der Waals surface area contributed by atoms with Crippen LogP contribution in [0.4, 0.5) is 0 Å². The van der Waals surface area contributed by atoms with Gasteiger partial charge in [-0.3, -0.25) is 0 Å². The molecule has 4 heteroatoms. The maximum absolute atomic E-state index is 9.18. The molecule has 3 nitrogen and oxygen atoms in total. The minimum absolute atomic E-state index is 0.229. The fourth-order valence-electron chi connectivity index (χ4n) is 2.53. The normalized spacial score (nSPS) is 12.8. The molecule has 2 N–H and O–H groups in total. The largest absolute Gasteiger partial charge is 0.395 e. The highest BCUT2D eigenvalue weighted by molar-refractivity contribution is 6.30. The summed E-state index contributed by atoms with van der Waals surface area (Å²) in [7, 11) is 0. The molecule has 0 aliphatic carbocycles. The van der Waals surface area contributed by atoms with Gasteiger partial charge in [0.25, 0.3) is 0 Å². The first kappa shape index (κ1) is 18.4. The number of unbranched alkanes of at least 4 members (excludes halogenated alkanes) is 1. The highest BCUT2D eigenvalue weighted by Crippen LogP contribution is 2.21. The Morgan fingerprint density at radius 2 is 2.05 bits per heavy atom. The third kappa shape index (κ3) is 7.28. The summed E-state index contributed by atoms with van der Waals surface area (Å²) in [5, 5.41) is 13.5. The average molecular weight is 313 g/mol. The Labute approximate surface area is 134 Å². The van der Waals surface area contributed by atoms with Crippen molar-refractivity contribution in [2.24, 2.45) is 0 Å². The Balaban J connectivity index is 2.60. The van der Waals surface area contributed by atoms with Gasteiger partial charge < -0.3 is 15.3 Å². The van der Waals surface area contributed by atoms with E-state index in [-0.39, 0.29) is 6.61 Å². The van der Waals surface area contributed by atoms with Crippen molar-refractivity contribution in [3.63, 3.8) is 0 Å². The fraction of sp³-hybridized carbons (Fsp3) is 0.647. The number of hydrogen-bond acceptors (Lipinski definition) is 3. The van der Waals surface area contributed by atoms with Crippen LogP contribution in [0.1, 0.15) is 44.7 Å². The van der Waals surface area contributed by atoms with E-state index >= 15 is 0 Å². The highest BCUT2D eigenvalue weighted by Gasteiger charge is 2.13. The molecule has 0 saturated carbocycles. The molecule has 1 aromatic carbocycles. The maximum Gasteiger partial charge on any atom is 0.0558 e. The molecule has 0 spiro atoms. The predicted molar refractivity (Wildman–Crippen MR) is 90.9 cm³/mol. The number of aliphatic hydroxyl groups is 1. The molecule has 0 aliphatic rings. The van der Waals surface area contributed by atoms with E-state index in [0.29, 0.717) is 6.04 Å². The van der Waals surface area contributed by atoms with Crippen LogP contribution in [0.25, 0.3) is 0 Å². The van der Waals surface area contributed by atoms with Crippen molar-refractivity contribution >= 4 is 11.6 Å². The van der Waals surface area contributed by atoms with Gasteiger partial charge in [-0.2, -0.15) is 0 Å². The summed E-state index contributed by atoms with van der Waals surface area (Å²) >= 11 is 6.10. The summed E-state index contributed by atoms with van der Waals surface area (Å²) in [5.41, 5.74) is 1.24. The monoisotopic (exact) mass is 312 g/mol. The summed E-state index contributed by atoms with van der Waals surface area (Å²) in [6, 6.07) is 8.40. The zero-order valence-electron chi connectivity index (χ0n) is 13.3. The summed E-state index contributed by atoms with van der Waals surface area (Å²) in [4.78, 5) is 2.35. The van der Waals surface area contributed by atoms with Crippen LogP contribution < -0.4 is 5.32 Å². The SMILES string of the molecule is CCCCN(CCO)CCC(NCC)c1cccc(Cl)c1. The maximum atomic E-state index is 9.18. The number of hydrogen-bond donors (Lipinski definition) is 2. The number of aliphatic hydroxyl groups excluding tert-OH is 1. The van der Waals surface area contributed by atoms with E-state index in [1.165, 1.54) is 18.4 Å². The molecule has 0 radical (unpaired) electrons. The molecule has 0 fully saturated rings. The Bertz CT molecular complexity index is 387. The van der Waals surface area contributed by atoms with Crippen LogP contribution in [-0.4, -0.2) is 42.8 Å². The molecule has 0 saturated heterocycles. The van der Waals surface area contributed by atoms with E-state index in [0.717, 1.165) is 37.6 Å². The lowest BCUT2D eigenvalue weighted by Gasteiger charge is -2.25. The summed E-state index contributed by atoms with van der Waals surface area (Å²) < 4.78 is 0. The van der Waals surface area contributed by atoms with Gasteiger partial charge in [-0.15, -0.1) is 0 Å². The third-order valence-corrected chi connectivity index (χ3v) is 3.91. The van der Waals surface area contributed by atoms with Crippen LogP contribution in [0.15, 0.2) is 24.3 Å². The fourth-order valence-corrected chi connectivity index (χ4v) is 2.73. The lowest BCUT2D eigenvalue weighted by molar-refractivity contribution is 0.187. The van der Waals surface area contributed by atoms with Crippen LogP contribution in [0, 0.1) is 0 Å². The van der Waals surface area contributed by atoms with Crippen molar-refractivity contribution in [3.05, 3.63) is 34.9 Å². The van der Waals surface area contributed by atoms with Gasteiger partial charge in [0.15, 0.2) is 0 Å². The minimum Gasteiger partial charge on any atom is -0.395 e. The van der Waals surface area contributed by atoms with Gasteiger partial charge in [0.1, 0.15) is 0 Å². The first-order chi connectivity index (χ1) is 10.2. The second-order valence-electron chi connectivity index (χ2n) is 5.37. The Morgan fingerprint density at radius 3 is 2.67 bits per heavy atom. The smallest absolute Gasteiger partial charge is 0.0558 e. The standard InChI is InChI=1S/C17H29ClN2O/c1-3-5-10-20(12-13-21)11-9-17(19-4-2)15-7-6-8-16(18)14-15/h6-8,14,17,19,21H,3-5,9-13H2,1-2H3. The lowest BCUT2D eigenvalue weighted by Crippen LogP contribution is -2.32. The van der Waals surface area contributed by atoms with Crippen molar-refractivity contribution in [1.82, 2.24) is 10.2 Å². The predicted octanol–water partition coefficient (Wildman–Crippen LogP) is 3.48. The lowest BCUT2D eigenvalue weighted by atomic mass is 10.0. The third-order valence-electron chi connectivity index (χ3n) is 3.68. The van der Waals surface area contributed by atoms with Crippen LogP contribution in [0.3, 0.4) is 0 Å². The molecule has 1 aromatic rings. The highest BCUT2D eigenvalue weighted by atomic mass is 35.5. The number of halogens is 1. The Morgan fingerprint density at radius 1 is 1.24 bits per heavy atom. The second-order valence-corrected chi connectivity index (χ2v) is 5.81. The topological polar surface area (TPSA) is 35.5 Å². The Kier molecular flexibility index (Phi) is 9.68. The van der Waals surface area contributed by atoms with Crippen LogP contribution in [-0.2, 0) is 0 Å².